The summed E-state index contributed by atoms with van der Waals surface area (Å²) >= 11 is 1.43. The second-order valence-corrected chi connectivity index (χ2v) is 10.8. The molecule has 3 amide bonds. The number of hydrogen-bond donors (Lipinski definition) is 2. The van der Waals surface area contributed by atoms with Gasteiger partial charge in [-0.25, -0.2) is 0 Å². The van der Waals surface area contributed by atoms with E-state index < -0.39 is 34.2 Å². The standard InChI is InChI=1S/C21H39N3O5S/c1-9-10-17(26)23(7)16(13-30-21(5,6)11-14(2)25)19(28)24(8)15(18(22)27)12-20(3,4)29/h15-16,29H,9-13H2,1-8H3,(H2,22,27)/t15-,16+/m0/s1. The van der Waals surface area contributed by atoms with E-state index in [0.717, 1.165) is 0 Å². The third kappa shape index (κ3) is 9.93. The Morgan fingerprint density at radius 1 is 1.03 bits per heavy atom. The molecule has 0 aliphatic carbocycles. The van der Waals surface area contributed by atoms with Crippen LogP contribution >= 0.6 is 11.8 Å². The van der Waals surface area contributed by atoms with Crippen molar-refractivity contribution in [3.63, 3.8) is 0 Å². The summed E-state index contributed by atoms with van der Waals surface area (Å²) in [5.74, 6) is -1.02. The Balaban J connectivity index is 5.74. The van der Waals surface area contributed by atoms with Crippen molar-refractivity contribution in [2.45, 2.75) is 89.7 Å². The highest BCUT2D eigenvalue weighted by molar-refractivity contribution is 8.00. The number of nitrogens with two attached hydrogens (primary N) is 1. The third-order valence-electron chi connectivity index (χ3n) is 4.75. The average molecular weight is 446 g/mol. The molecule has 0 aliphatic rings. The van der Waals surface area contributed by atoms with E-state index in [4.69, 9.17) is 5.73 Å². The molecule has 0 aromatic heterocycles. The van der Waals surface area contributed by atoms with Crippen molar-refractivity contribution < 1.29 is 24.3 Å². The lowest BCUT2D eigenvalue weighted by atomic mass is 9.97. The Morgan fingerprint density at radius 3 is 1.97 bits per heavy atom. The number of primary amides is 1. The molecule has 3 N–H and O–H groups in total. The van der Waals surface area contributed by atoms with E-state index in [9.17, 15) is 24.3 Å². The lowest BCUT2D eigenvalue weighted by Gasteiger charge is -2.36. The highest BCUT2D eigenvalue weighted by atomic mass is 32.2. The van der Waals surface area contributed by atoms with Crippen molar-refractivity contribution in [1.82, 2.24) is 9.80 Å². The van der Waals surface area contributed by atoms with Crippen molar-refractivity contribution in [1.29, 1.82) is 0 Å². The monoisotopic (exact) mass is 445 g/mol. The van der Waals surface area contributed by atoms with Crippen molar-refractivity contribution in [2.75, 3.05) is 19.8 Å². The highest BCUT2D eigenvalue weighted by Crippen LogP contribution is 2.30. The number of amides is 3. The first kappa shape index (κ1) is 28.4. The number of carbonyl (C=O) groups excluding carboxylic acids is 4. The Hall–Kier alpha value is -1.61. The minimum Gasteiger partial charge on any atom is -0.390 e. The number of aliphatic hydroxyl groups is 1. The van der Waals surface area contributed by atoms with Crippen LogP contribution in [0.2, 0.25) is 0 Å². The van der Waals surface area contributed by atoms with Crippen LogP contribution in [0.25, 0.3) is 0 Å². The normalized spacial score (nSPS) is 14.0. The predicted octanol–water partition coefficient (Wildman–Crippen LogP) is 1.58. The smallest absolute Gasteiger partial charge is 0.246 e. The SMILES string of the molecule is CCCC(=O)N(C)[C@H](CSC(C)(C)CC(C)=O)C(=O)N(C)[C@@H](CC(C)(C)O)C(N)=O. The molecule has 0 fully saturated rings. The summed E-state index contributed by atoms with van der Waals surface area (Å²) in [4.78, 5) is 52.0. The van der Waals surface area contributed by atoms with Crippen LogP contribution in [0, 0.1) is 0 Å². The molecule has 0 aliphatic heterocycles. The summed E-state index contributed by atoms with van der Waals surface area (Å²) in [6, 6.07) is -1.83. The minimum absolute atomic E-state index is 0.0209. The number of likely N-dealkylation sites (N-methyl/N-ethyl adjacent to an activating group) is 2. The van der Waals surface area contributed by atoms with Gasteiger partial charge in [0.15, 0.2) is 0 Å². The number of thioether (sulfide) groups is 1. The number of carbonyl (C=O) groups is 4. The molecule has 9 heteroatoms. The molecule has 0 radical (unpaired) electrons. The minimum atomic E-state index is -1.20. The Labute approximate surface area is 184 Å². The van der Waals surface area contributed by atoms with Gasteiger partial charge in [-0.05, 0) is 27.2 Å². The summed E-state index contributed by atoms with van der Waals surface area (Å²) in [6.07, 6.45) is 1.26. The topological polar surface area (TPSA) is 121 Å². The lowest BCUT2D eigenvalue weighted by Crippen LogP contribution is -2.56. The molecule has 0 heterocycles. The molecule has 0 saturated heterocycles. The van der Waals surface area contributed by atoms with E-state index in [1.54, 1.807) is 7.05 Å². The van der Waals surface area contributed by atoms with Gasteiger partial charge < -0.3 is 20.6 Å². The zero-order chi connectivity index (χ0) is 23.9. The molecule has 0 aromatic rings. The van der Waals surface area contributed by atoms with Crippen LogP contribution in [0.3, 0.4) is 0 Å². The van der Waals surface area contributed by atoms with Crippen molar-refractivity contribution in [3.8, 4) is 0 Å². The molecule has 30 heavy (non-hydrogen) atoms. The maximum atomic E-state index is 13.3. The third-order valence-corrected chi connectivity index (χ3v) is 6.16. The summed E-state index contributed by atoms with van der Waals surface area (Å²) in [6.45, 7) is 10.3. The van der Waals surface area contributed by atoms with E-state index in [2.05, 4.69) is 0 Å². The number of nitrogens with zero attached hydrogens (tertiary/aromatic N) is 2. The number of ketones is 1. The molecule has 8 nitrogen and oxygen atoms in total. The van der Waals surface area contributed by atoms with Gasteiger partial charge in [-0.3, -0.25) is 19.2 Å². The Morgan fingerprint density at radius 2 is 1.57 bits per heavy atom. The van der Waals surface area contributed by atoms with E-state index in [1.165, 1.54) is 49.4 Å². The first-order valence-corrected chi connectivity index (χ1v) is 11.2. The molecule has 2 atom stereocenters. The molecule has 0 unspecified atom stereocenters. The Bertz CT molecular complexity index is 631. The zero-order valence-corrected chi connectivity index (χ0v) is 20.5. The van der Waals surface area contributed by atoms with Crippen molar-refractivity contribution in [3.05, 3.63) is 0 Å². The molecule has 0 saturated carbocycles. The number of hydrogen-bond acceptors (Lipinski definition) is 6. The van der Waals surface area contributed by atoms with E-state index >= 15 is 0 Å². The zero-order valence-electron chi connectivity index (χ0n) is 19.7. The van der Waals surface area contributed by atoms with E-state index in [-0.39, 0.29) is 23.9 Å². The highest BCUT2D eigenvalue weighted by Gasteiger charge is 2.37. The fourth-order valence-corrected chi connectivity index (χ4v) is 4.44. The summed E-state index contributed by atoms with van der Waals surface area (Å²) in [5, 5.41) is 10.1. The van der Waals surface area contributed by atoms with Gasteiger partial charge in [0.05, 0.1) is 5.60 Å². The second-order valence-electron chi connectivity index (χ2n) is 9.10. The lowest BCUT2D eigenvalue weighted by molar-refractivity contribution is -0.147. The largest absolute Gasteiger partial charge is 0.390 e. The summed E-state index contributed by atoms with van der Waals surface area (Å²) in [7, 11) is 3.03. The number of Topliss-reactive ketones (excluding diaryl/α,β-unsaturated/α-hetero) is 1. The fraction of sp³-hybridized carbons (Fsp3) is 0.810. The van der Waals surface area contributed by atoms with Crippen LogP contribution in [0.1, 0.15) is 67.2 Å². The molecule has 174 valence electrons. The van der Waals surface area contributed by atoms with Gasteiger partial charge >= 0.3 is 0 Å². The molecule has 0 bridgehead atoms. The molecular formula is C21H39N3O5S. The van der Waals surface area contributed by atoms with Crippen molar-refractivity contribution in [2.24, 2.45) is 5.73 Å². The van der Waals surface area contributed by atoms with E-state index in [0.29, 0.717) is 19.3 Å². The van der Waals surface area contributed by atoms with Gasteiger partial charge in [-0.2, -0.15) is 11.8 Å². The maximum Gasteiger partial charge on any atom is 0.246 e. The van der Waals surface area contributed by atoms with Gasteiger partial charge in [0.1, 0.15) is 17.9 Å². The van der Waals surface area contributed by atoms with Gasteiger partial charge in [-0.15, -0.1) is 0 Å². The van der Waals surface area contributed by atoms with Gasteiger partial charge in [0.2, 0.25) is 17.7 Å². The van der Waals surface area contributed by atoms with Crippen LogP contribution in [-0.4, -0.2) is 80.7 Å². The number of rotatable bonds is 13. The van der Waals surface area contributed by atoms with Crippen LogP contribution in [0.15, 0.2) is 0 Å². The maximum absolute atomic E-state index is 13.3. The fourth-order valence-electron chi connectivity index (χ4n) is 3.16. The van der Waals surface area contributed by atoms with Gasteiger partial charge in [0.25, 0.3) is 0 Å². The predicted molar refractivity (Wildman–Crippen MR) is 120 cm³/mol. The molecule has 0 spiro atoms. The average Bonchev–Trinajstić information content (AvgIpc) is 2.56. The van der Waals surface area contributed by atoms with E-state index in [1.807, 2.05) is 20.8 Å². The van der Waals surface area contributed by atoms with Gasteiger partial charge in [0, 0.05) is 43.9 Å². The quantitative estimate of drug-likeness (QED) is 0.444. The summed E-state index contributed by atoms with van der Waals surface area (Å²) < 4.78 is -0.409. The first-order valence-electron chi connectivity index (χ1n) is 10.2. The summed E-state index contributed by atoms with van der Waals surface area (Å²) in [5.41, 5.74) is 4.29. The van der Waals surface area contributed by atoms with Crippen LogP contribution < -0.4 is 5.73 Å². The van der Waals surface area contributed by atoms with Crippen molar-refractivity contribution >= 4 is 35.3 Å². The molecule has 0 aromatic carbocycles. The van der Waals surface area contributed by atoms with Crippen LogP contribution in [0.4, 0.5) is 0 Å². The van der Waals surface area contributed by atoms with Crippen LogP contribution in [0.5, 0.6) is 0 Å². The van der Waals surface area contributed by atoms with Gasteiger partial charge in [-0.1, -0.05) is 20.8 Å². The Kier molecular flexibility index (Phi) is 11.1. The van der Waals surface area contributed by atoms with Crippen LogP contribution in [-0.2, 0) is 19.2 Å². The first-order chi connectivity index (χ1) is 13.5. The second kappa shape index (κ2) is 11.7. The molecular weight excluding hydrogens is 406 g/mol. The molecule has 0 rings (SSSR count).